The van der Waals surface area contributed by atoms with Gasteiger partial charge in [0, 0.05) is 17.6 Å². The number of aromatic nitrogens is 1. The first-order valence-corrected chi connectivity index (χ1v) is 9.09. The minimum atomic E-state index is -3.77. The molecule has 1 heterocycles. The van der Waals surface area contributed by atoms with Gasteiger partial charge >= 0.3 is 0 Å². The normalized spacial score (nSPS) is 11.4. The van der Waals surface area contributed by atoms with Crippen molar-refractivity contribution in [1.82, 2.24) is 4.98 Å². The highest BCUT2D eigenvalue weighted by molar-refractivity contribution is 7.92. The third-order valence-electron chi connectivity index (χ3n) is 3.73. The van der Waals surface area contributed by atoms with Gasteiger partial charge in [-0.1, -0.05) is 30.3 Å². The van der Waals surface area contributed by atoms with Crippen molar-refractivity contribution in [3.63, 3.8) is 0 Å². The summed E-state index contributed by atoms with van der Waals surface area (Å²) in [5.74, 6) is -1.14. The number of carbonyl (C=O) groups is 1. The van der Waals surface area contributed by atoms with Crippen LogP contribution in [0.2, 0.25) is 0 Å². The predicted octanol–water partition coefficient (Wildman–Crippen LogP) is 1.72. The van der Waals surface area contributed by atoms with Gasteiger partial charge in [0.25, 0.3) is 10.0 Å². The lowest BCUT2D eigenvalue weighted by Gasteiger charge is -2.11. The number of carboxylic acids is 1. The summed E-state index contributed by atoms with van der Waals surface area (Å²) < 4.78 is 27.7. The number of fused-ring (bicyclic) bond motifs is 1. The summed E-state index contributed by atoms with van der Waals surface area (Å²) in [4.78, 5) is 14.8. The van der Waals surface area contributed by atoms with Gasteiger partial charge in [0.15, 0.2) is 0 Å². The number of hydrogen-bond acceptors (Lipinski definition) is 5. The number of rotatable bonds is 6. The summed E-state index contributed by atoms with van der Waals surface area (Å²) in [6, 6.07) is 15.0. The molecule has 128 valence electrons. The number of nitrogens with one attached hydrogen (secondary N) is 1. The van der Waals surface area contributed by atoms with Crippen LogP contribution in [0.5, 0.6) is 0 Å². The number of carbonyl (C=O) groups excluding carboxylic acids is 1. The Labute approximate surface area is 145 Å². The van der Waals surface area contributed by atoms with Gasteiger partial charge in [-0.15, -0.1) is 0 Å². The Bertz CT molecular complexity index is 1010. The SMILES string of the molecule is O=C([O-])CCc1ccc(S(=O)(=O)Nc2cccc3cccnc23)cc1. The third-order valence-corrected chi connectivity index (χ3v) is 5.11. The topological polar surface area (TPSA) is 99.2 Å². The van der Waals surface area contributed by atoms with Gasteiger partial charge in [-0.05, 0) is 42.7 Å². The maximum absolute atomic E-state index is 12.6. The molecule has 0 spiro atoms. The standard InChI is InChI=1S/C18H16N2O4S/c21-17(22)11-8-13-6-9-15(10-7-13)25(23,24)20-16-5-1-3-14-4-2-12-19-18(14)16/h1-7,9-10,12,20H,8,11H2,(H,21,22)/p-1. The molecule has 7 heteroatoms. The lowest BCUT2D eigenvalue weighted by molar-refractivity contribution is -0.305. The molecule has 3 aromatic rings. The van der Waals surface area contributed by atoms with Crippen molar-refractivity contribution in [1.29, 1.82) is 0 Å². The minimum absolute atomic E-state index is 0.0950. The molecule has 0 saturated carbocycles. The van der Waals surface area contributed by atoms with Crippen LogP contribution in [-0.2, 0) is 21.2 Å². The number of carboxylic acid groups (broad SMARTS) is 1. The Hall–Kier alpha value is -2.93. The van der Waals surface area contributed by atoms with Gasteiger partial charge in [0.2, 0.25) is 0 Å². The molecule has 0 bridgehead atoms. The predicted molar refractivity (Wildman–Crippen MR) is 92.3 cm³/mol. The number of nitrogens with zero attached hydrogens (tertiary/aromatic N) is 1. The molecule has 0 aliphatic rings. The van der Waals surface area contributed by atoms with Crippen LogP contribution in [0.1, 0.15) is 12.0 Å². The number of hydrogen-bond donors (Lipinski definition) is 1. The van der Waals surface area contributed by atoms with Crippen molar-refractivity contribution in [2.24, 2.45) is 0 Å². The van der Waals surface area contributed by atoms with Gasteiger partial charge in [-0.3, -0.25) is 9.71 Å². The molecule has 3 rings (SSSR count). The molecule has 0 atom stereocenters. The number of aliphatic carboxylic acids is 1. The van der Waals surface area contributed by atoms with Gasteiger partial charge in [0.1, 0.15) is 0 Å². The lowest BCUT2D eigenvalue weighted by atomic mass is 10.1. The van der Waals surface area contributed by atoms with Gasteiger partial charge in [-0.25, -0.2) is 8.42 Å². The molecule has 25 heavy (non-hydrogen) atoms. The highest BCUT2D eigenvalue weighted by atomic mass is 32.2. The van der Waals surface area contributed by atoms with E-state index in [1.807, 2.05) is 12.1 Å². The Morgan fingerprint density at radius 1 is 1.04 bits per heavy atom. The van der Waals surface area contributed by atoms with Crippen LogP contribution < -0.4 is 9.83 Å². The second-order valence-corrected chi connectivity index (χ2v) is 7.18. The number of pyridine rings is 1. The van der Waals surface area contributed by atoms with Crippen molar-refractivity contribution in [3.05, 3.63) is 66.4 Å². The number of aryl methyl sites for hydroxylation is 1. The van der Waals surface area contributed by atoms with E-state index in [1.165, 1.54) is 12.1 Å². The molecule has 0 unspecified atom stereocenters. The van der Waals surface area contributed by atoms with Crippen LogP contribution in [0.25, 0.3) is 10.9 Å². The first-order chi connectivity index (χ1) is 12.0. The smallest absolute Gasteiger partial charge is 0.261 e. The van der Waals surface area contributed by atoms with Crippen molar-refractivity contribution >= 4 is 32.6 Å². The van der Waals surface area contributed by atoms with Gasteiger partial charge in [-0.2, -0.15) is 0 Å². The molecular weight excluding hydrogens is 340 g/mol. The van der Waals surface area contributed by atoms with Crippen molar-refractivity contribution in [3.8, 4) is 0 Å². The fraction of sp³-hybridized carbons (Fsp3) is 0.111. The summed E-state index contributed by atoms with van der Waals surface area (Å²) >= 11 is 0. The van der Waals surface area contributed by atoms with Crippen LogP contribution in [0.15, 0.2) is 65.7 Å². The van der Waals surface area contributed by atoms with Gasteiger partial charge < -0.3 is 9.90 Å². The number of sulfonamides is 1. The second kappa shape index (κ2) is 6.90. The summed E-state index contributed by atoms with van der Waals surface area (Å²) in [5.41, 5.74) is 1.70. The van der Waals surface area contributed by atoms with Crippen LogP contribution in [0.3, 0.4) is 0 Å². The summed E-state index contributed by atoms with van der Waals surface area (Å²) in [6.07, 6.45) is 1.79. The number of anilines is 1. The fourth-order valence-corrected chi connectivity index (χ4v) is 3.54. The molecule has 0 aliphatic heterocycles. The Morgan fingerprint density at radius 2 is 1.76 bits per heavy atom. The van der Waals surface area contributed by atoms with Crippen LogP contribution in [0, 0.1) is 0 Å². The Morgan fingerprint density at radius 3 is 2.48 bits per heavy atom. The average Bonchev–Trinajstić information content (AvgIpc) is 2.60. The first-order valence-electron chi connectivity index (χ1n) is 7.61. The molecule has 1 aromatic heterocycles. The zero-order chi connectivity index (χ0) is 17.9. The second-order valence-electron chi connectivity index (χ2n) is 5.50. The van der Waals surface area contributed by atoms with Crippen molar-refractivity contribution in [2.45, 2.75) is 17.7 Å². The molecule has 0 amide bonds. The molecule has 6 nitrogen and oxygen atoms in total. The zero-order valence-electron chi connectivity index (χ0n) is 13.2. The molecule has 0 fully saturated rings. The van der Waals surface area contributed by atoms with E-state index in [9.17, 15) is 18.3 Å². The van der Waals surface area contributed by atoms with Crippen LogP contribution in [-0.4, -0.2) is 19.4 Å². The Balaban J connectivity index is 1.85. The molecular formula is C18H15N2O4S-. The third kappa shape index (κ3) is 3.95. The van der Waals surface area contributed by atoms with Crippen LogP contribution >= 0.6 is 0 Å². The van der Waals surface area contributed by atoms with Gasteiger partial charge in [0.05, 0.1) is 16.1 Å². The highest BCUT2D eigenvalue weighted by Gasteiger charge is 2.15. The summed E-state index contributed by atoms with van der Waals surface area (Å²) in [6.45, 7) is 0. The van der Waals surface area contributed by atoms with E-state index in [-0.39, 0.29) is 11.3 Å². The lowest BCUT2D eigenvalue weighted by Crippen LogP contribution is -2.22. The summed E-state index contributed by atoms with van der Waals surface area (Å²) in [7, 11) is -3.77. The van der Waals surface area contributed by atoms with E-state index in [0.717, 1.165) is 10.9 Å². The van der Waals surface area contributed by atoms with E-state index in [1.54, 1.807) is 36.5 Å². The quantitative estimate of drug-likeness (QED) is 0.726. The van der Waals surface area contributed by atoms with E-state index in [0.29, 0.717) is 17.6 Å². The molecule has 2 aromatic carbocycles. The monoisotopic (exact) mass is 355 g/mol. The van der Waals surface area contributed by atoms with Crippen molar-refractivity contribution < 1.29 is 18.3 Å². The molecule has 0 radical (unpaired) electrons. The van der Waals surface area contributed by atoms with E-state index < -0.39 is 16.0 Å². The maximum Gasteiger partial charge on any atom is 0.261 e. The first kappa shape index (κ1) is 16.9. The number of benzene rings is 2. The van der Waals surface area contributed by atoms with E-state index in [4.69, 9.17) is 0 Å². The average molecular weight is 355 g/mol. The number of para-hydroxylation sites is 1. The van der Waals surface area contributed by atoms with Crippen molar-refractivity contribution in [2.75, 3.05) is 4.72 Å². The molecule has 1 N–H and O–H groups in total. The summed E-state index contributed by atoms with van der Waals surface area (Å²) in [5, 5.41) is 11.3. The molecule has 0 aliphatic carbocycles. The van der Waals surface area contributed by atoms with E-state index in [2.05, 4.69) is 9.71 Å². The minimum Gasteiger partial charge on any atom is -0.550 e. The Kier molecular flexibility index (Phi) is 4.67. The van der Waals surface area contributed by atoms with Crippen LogP contribution in [0.4, 0.5) is 5.69 Å². The highest BCUT2D eigenvalue weighted by Crippen LogP contribution is 2.24. The largest absolute Gasteiger partial charge is 0.550 e. The molecule has 0 saturated heterocycles. The zero-order valence-corrected chi connectivity index (χ0v) is 14.0. The maximum atomic E-state index is 12.6. The fourth-order valence-electron chi connectivity index (χ4n) is 2.47. The van der Waals surface area contributed by atoms with E-state index >= 15 is 0 Å².